The molecule has 2 saturated heterocycles. The minimum atomic E-state index is -0.0922. The average molecular weight is 570 g/mol. The number of nitrogen functional groups attached to an aromatic ring is 2. The van der Waals surface area contributed by atoms with E-state index < -0.39 is 0 Å². The fourth-order valence-corrected chi connectivity index (χ4v) is 5.78. The first-order valence-electron chi connectivity index (χ1n) is 13.7. The van der Waals surface area contributed by atoms with Gasteiger partial charge in [0.2, 0.25) is 0 Å². The van der Waals surface area contributed by atoms with Gasteiger partial charge in [-0.3, -0.25) is 9.69 Å². The number of likely N-dealkylation sites (tertiary alicyclic amines) is 1. The zero-order chi connectivity index (χ0) is 28.4. The predicted octanol–water partition coefficient (Wildman–Crippen LogP) is 2.69. The van der Waals surface area contributed by atoms with Gasteiger partial charge in [0.05, 0.1) is 11.3 Å². The Kier molecular flexibility index (Phi) is 8.22. The number of hydrogen-bond acceptors (Lipinski definition) is 12. The van der Waals surface area contributed by atoms with Crippen molar-refractivity contribution in [3.63, 3.8) is 0 Å². The van der Waals surface area contributed by atoms with Gasteiger partial charge in [0.1, 0.15) is 11.0 Å². The molecule has 5 heterocycles. The highest BCUT2D eigenvalue weighted by Crippen LogP contribution is 2.30. The van der Waals surface area contributed by atoms with Gasteiger partial charge in [-0.2, -0.15) is 0 Å². The predicted molar refractivity (Wildman–Crippen MR) is 154 cm³/mol. The van der Waals surface area contributed by atoms with Crippen molar-refractivity contribution >= 4 is 41.0 Å². The van der Waals surface area contributed by atoms with Crippen LogP contribution in [0.25, 0.3) is 11.6 Å². The number of carbonyl (C=O) groups is 1. The molecular weight excluding hydrogens is 534 g/mol. The van der Waals surface area contributed by atoms with Crippen molar-refractivity contribution in [3.05, 3.63) is 28.5 Å². The highest BCUT2D eigenvalue weighted by atomic mass is 35.5. The smallest absolute Gasteiger partial charge is 0.315 e. The molecule has 214 valence electrons. The van der Waals surface area contributed by atoms with E-state index in [0.29, 0.717) is 49.0 Å². The molecule has 0 spiro atoms. The number of piperazine rings is 1. The van der Waals surface area contributed by atoms with E-state index >= 15 is 0 Å². The van der Waals surface area contributed by atoms with Crippen molar-refractivity contribution in [2.45, 2.75) is 52.1 Å². The van der Waals surface area contributed by atoms with Crippen molar-refractivity contribution in [2.24, 2.45) is 0 Å². The van der Waals surface area contributed by atoms with Gasteiger partial charge in [-0.05, 0) is 45.2 Å². The number of nitrogens with one attached hydrogen (secondary N) is 1. The molecule has 2 aliphatic rings. The Morgan fingerprint density at radius 2 is 1.85 bits per heavy atom. The summed E-state index contributed by atoms with van der Waals surface area (Å²) in [5.74, 6) is 1.36. The second-order valence-electron chi connectivity index (χ2n) is 10.1. The summed E-state index contributed by atoms with van der Waals surface area (Å²) in [5.41, 5.74) is 13.8. The van der Waals surface area contributed by atoms with Gasteiger partial charge in [-0.1, -0.05) is 23.6 Å². The molecular formula is C26H36ClN11O2. The largest absolute Gasteiger partial charge is 0.402 e. The van der Waals surface area contributed by atoms with Gasteiger partial charge < -0.3 is 31.0 Å². The van der Waals surface area contributed by atoms with Crippen LogP contribution in [-0.4, -0.2) is 92.2 Å². The fraction of sp³-hybridized carbons (Fsp3) is 0.538. The maximum atomic E-state index is 13.0. The van der Waals surface area contributed by atoms with Crippen LogP contribution < -0.4 is 21.7 Å². The van der Waals surface area contributed by atoms with Crippen LogP contribution in [0.3, 0.4) is 0 Å². The molecule has 3 aromatic rings. The van der Waals surface area contributed by atoms with Gasteiger partial charge in [-0.25, -0.2) is 15.0 Å². The Balaban J connectivity index is 1.23. The summed E-state index contributed by atoms with van der Waals surface area (Å²) in [6, 6.07) is 4.32. The molecule has 0 bridgehead atoms. The topological polar surface area (TPSA) is 168 Å². The number of hydrogen-bond donors (Lipinski definition) is 3. The number of pyridine rings is 1. The monoisotopic (exact) mass is 569 g/mol. The van der Waals surface area contributed by atoms with Gasteiger partial charge in [0.15, 0.2) is 17.3 Å². The summed E-state index contributed by atoms with van der Waals surface area (Å²) in [5, 5.41) is 11.3. The van der Waals surface area contributed by atoms with Crippen molar-refractivity contribution in [3.8, 4) is 11.6 Å². The van der Waals surface area contributed by atoms with E-state index in [1.54, 1.807) is 12.1 Å². The van der Waals surface area contributed by atoms with Crippen LogP contribution in [0, 0.1) is 6.92 Å². The average Bonchev–Trinajstić information content (AvgIpc) is 3.42. The Hall–Kier alpha value is -3.71. The van der Waals surface area contributed by atoms with Crippen LogP contribution in [0.5, 0.6) is 0 Å². The zero-order valence-electron chi connectivity index (χ0n) is 23.1. The van der Waals surface area contributed by atoms with Crippen LogP contribution in [0.2, 0.25) is 5.15 Å². The molecule has 2 aliphatic heterocycles. The number of anilines is 4. The lowest BCUT2D eigenvalue weighted by molar-refractivity contribution is 0.0491. The van der Waals surface area contributed by atoms with Crippen LogP contribution in [0.4, 0.5) is 23.5 Å². The van der Waals surface area contributed by atoms with Crippen molar-refractivity contribution in [1.82, 2.24) is 34.9 Å². The molecule has 0 saturated carbocycles. The van der Waals surface area contributed by atoms with Crippen molar-refractivity contribution in [2.75, 3.05) is 61.0 Å². The summed E-state index contributed by atoms with van der Waals surface area (Å²) < 4.78 is 5.63. The minimum Gasteiger partial charge on any atom is -0.402 e. The highest BCUT2D eigenvalue weighted by Gasteiger charge is 2.35. The third-order valence-electron chi connectivity index (χ3n) is 7.67. The summed E-state index contributed by atoms with van der Waals surface area (Å²) in [7, 11) is 0. The van der Waals surface area contributed by atoms with E-state index in [2.05, 4.69) is 42.2 Å². The molecule has 1 atom stereocenters. The van der Waals surface area contributed by atoms with Gasteiger partial charge >= 0.3 is 6.01 Å². The first-order chi connectivity index (χ1) is 19.3. The molecule has 0 aromatic carbocycles. The molecule has 5 N–H and O–H groups in total. The summed E-state index contributed by atoms with van der Waals surface area (Å²) in [4.78, 5) is 33.2. The Morgan fingerprint density at radius 3 is 2.55 bits per heavy atom. The quantitative estimate of drug-likeness (QED) is 0.356. The number of nitrogens with zero attached hydrogens (tertiary/aromatic N) is 8. The molecule has 13 nitrogen and oxygen atoms in total. The molecule has 3 aromatic heterocycles. The maximum Gasteiger partial charge on any atom is 0.315 e. The molecule has 14 heteroatoms. The molecule has 0 aliphatic carbocycles. The van der Waals surface area contributed by atoms with E-state index in [9.17, 15) is 4.79 Å². The number of aromatic nitrogens is 5. The zero-order valence-corrected chi connectivity index (χ0v) is 23.9. The van der Waals surface area contributed by atoms with Gasteiger partial charge in [0.25, 0.3) is 11.8 Å². The molecule has 1 amide bonds. The van der Waals surface area contributed by atoms with Crippen LogP contribution in [0.1, 0.15) is 49.2 Å². The third kappa shape index (κ3) is 5.61. The lowest BCUT2D eigenvalue weighted by Gasteiger charge is -2.47. The number of aryl methyl sites for hydroxylation is 1. The summed E-state index contributed by atoms with van der Waals surface area (Å²) in [6.07, 6.45) is 2.81. The third-order valence-corrected chi connectivity index (χ3v) is 7.88. The Bertz CT molecular complexity index is 1360. The molecule has 5 rings (SSSR count). The van der Waals surface area contributed by atoms with Crippen LogP contribution >= 0.6 is 11.6 Å². The highest BCUT2D eigenvalue weighted by molar-refractivity contribution is 6.29. The Labute approximate surface area is 238 Å². The van der Waals surface area contributed by atoms with E-state index in [0.717, 1.165) is 50.4 Å². The van der Waals surface area contributed by atoms with E-state index in [1.807, 2.05) is 18.7 Å². The number of nitrogens with two attached hydrogens (primary N) is 2. The normalized spacial score (nSPS) is 18.8. The summed E-state index contributed by atoms with van der Waals surface area (Å²) >= 11 is 5.90. The maximum absolute atomic E-state index is 13.0. The lowest BCUT2D eigenvalue weighted by Crippen LogP contribution is -2.59. The molecule has 40 heavy (non-hydrogen) atoms. The number of rotatable bonds is 7. The fourth-order valence-electron chi connectivity index (χ4n) is 5.63. The molecule has 0 radical (unpaired) electrons. The van der Waals surface area contributed by atoms with Crippen LogP contribution in [0.15, 0.2) is 16.5 Å². The number of piperidine rings is 1. The van der Waals surface area contributed by atoms with Crippen molar-refractivity contribution in [1.29, 1.82) is 0 Å². The number of amides is 1. The SMILES string of the molecule is CCNc1nnc(-c2nc(C)c(N3CCN(C4CCN(C(=O)c5ccc(Cl)nc5N)CC4)[C@@H](CC)C3)nc2N)o1. The minimum absolute atomic E-state index is 0.0922. The van der Waals surface area contributed by atoms with E-state index in [4.69, 9.17) is 32.5 Å². The standard InChI is InChI=1S/C26H36ClN11O2/c1-4-16-14-37(23-15(3)31-20(22(29)33-23)24-34-35-26(40-24)30-5-2)12-13-38(16)17-8-10-36(11-9-17)25(39)18-6-7-19(27)32-21(18)28/h6-7,16-17H,4-5,8-14H2,1-3H3,(H2,28,32)(H2,29,33)(H,30,35)/t16-/m0/s1. The van der Waals surface area contributed by atoms with Crippen molar-refractivity contribution < 1.29 is 9.21 Å². The van der Waals surface area contributed by atoms with E-state index in [1.165, 1.54) is 0 Å². The number of halogens is 1. The lowest BCUT2D eigenvalue weighted by atomic mass is 9.97. The first-order valence-corrected chi connectivity index (χ1v) is 14.1. The second kappa shape index (κ2) is 11.8. The molecule has 0 unspecified atom stereocenters. The Morgan fingerprint density at radius 1 is 1.07 bits per heavy atom. The first kappa shape index (κ1) is 27.8. The molecule has 2 fully saturated rings. The van der Waals surface area contributed by atoms with Gasteiger partial charge in [-0.15, -0.1) is 5.10 Å². The number of carbonyl (C=O) groups excluding carboxylic acids is 1. The second-order valence-corrected chi connectivity index (χ2v) is 10.5. The van der Waals surface area contributed by atoms with E-state index in [-0.39, 0.29) is 28.6 Å². The van der Waals surface area contributed by atoms with Crippen LogP contribution in [-0.2, 0) is 0 Å². The van der Waals surface area contributed by atoms with Gasteiger partial charge in [0, 0.05) is 51.4 Å². The summed E-state index contributed by atoms with van der Waals surface area (Å²) in [6.45, 7) is 10.6.